The van der Waals surface area contributed by atoms with Crippen LogP contribution in [0.4, 0.5) is 13.2 Å². The van der Waals surface area contributed by atoms with Gasteiger partial charge in [0.25, 0.3) is 0 Å². The number of methoxy groups -OCH3 is 1. The van der Waals surface area contributed by atoms with Gasteiger partial charge in [-0.05, 0) is 49.5 Å². The van der Waals surface area contributed by atoms with E-state index in [2.05, 4.69) is 5.32 Å². The standard InChI is InChI=1S/C17H23F3N2O2.ClH/c1-24-16(23)12-22(11-14-6-8-21-9-7-14)10-13-2-4-15(5-3-13)17(18,19)20;/h2-5,14,21H,6-12H2,1H3;1H. The summed E-state index contributed by atoms with van der Waals surface area (Å²) >= 11 is 0. The zero-order valence-corrected chi connectivity index (χ0v) is 15.0. The molecule has 1 aliphatic rings. The normalized spacial score (nSPS) is 15.7. The average molecular weight is 381 g/mol. The topological polar surface area (TPSA) is 41.6 Å². The fourth-order valence-corrected chi connectivity index (χ4v) is 2.92. The molecule has 0 atom stereocenters. The van der Waals surface area contributed by atoms with Gasteiger partial charge in [-0.1, -0.05) is 12.1 Å². The van der Waals surface area contributed by atoms with Gasteiger partial charge in [-0.3, -0.25) is 9.69 Å². The van der Waals surface area contributed by atoms with E-state index in [1.807, 2.05) is 4.90 Å². The number of nitrogens with one attached hydrogen (secondary N) is 1. The summed E-state index contributed by atoms with van der Waals surface area (Å²) in [6.45, 7) is 3.21. The average Bonchev–Trinajstić information content (AvgIpc) is 2.55. The van der Waals surface area contributed by atoms with Crippen molar-refractivity contribution in [1.29, 1.82) is 0 Å². The van der Waals surface area contributed by atoms with Crippen molar-refractivity contribution in [2.75, 3.05) is 33.3 Å². The first-order chi connectivity index (χ1) is 11.4. The quantitative estimate of drug-likeness (QED) is 0.770. The number of carbonyl (C=O) groups excluding carboxylic acids is 1. The second-order valence-corrected chi connectivity index (χ2v) is 6.13. The van der Waals surface area contributed by atoms with E-state index in [0.29, 0.717) is 12.5 Å². The maximum atomic E-state index is 12.6. The van der Waals surface area contributed by atoms with E-state index < -0.39 is 11.7 Å². The predicted octanol–water partition coefficient (Wildman–Crippen LogP) is 3.10. The Bertz CT molecular complexity index is 532. The molecule has 1 aromatic carbocycles. The number of alkyl halides is 3. The zero-order chi connectivity index (χ0) is 17.6. The number of piperidine rings is 1. The van der Waals surface area contributed by atoms with Gasteiger partial charge in [-0.15, -0.1) is 12.4 Å². The second-order valence-electron chi connectivity index (χ2n) is 6.13. The highest BCUT2D eigenvalue weighted by Crippen LogP contribution is 2.29. The molecule has 0 bridgehead atoms. The highest BCUT2D eigenvalue weighted by Gasteiger charge is 2.30. The van der Waals surface area contributed by atoms with Crippen LogP contribution in [0.5, 0.6) is 0 Å². The van der Waals surface area contributed by atoms with E-state index in [1.54, 1.807) is 0 Å². The molecule has 0 saturated carbocycles. The summed E-state index contributed by atoms with van der Waals surface area (Å²) in [7, 11) is 1.34. The molecule has 1 aromatic rings. The van der Waals surface area contributed by atoms with Crippen LogP contribution in [-0.4, -0.2) is 44.2 Å². The summed E-state index contributed by atoms with van der Waals surface area (Å²) in [5, 5.41) is 3.29. The van der Waals surface area contributed by atoms with Crippen LogP contribution in [0.15, 0.2) is 24.3 Å². The van der Waals surface area contributed by atoms with Crippen molar-refractivity contribution in [2.45, 2.75) is 25.6 Å². The summed E-state index contributed by atoms with van der Waals surface area (Å²) in [4.78, 5) is 13.6. The van der Waals surface area contributed by atoms with Crippen LogP contribution >= 0.6 is 12.4 Å². The Hall–Kier alpha value is -1.31. The first-order valence-electron chi connectivity index (χ1n) is 8.04. The first kappa shape index (κ1) is 21.7. The van der Waals surface area contributed by atoms with E-state index in [0.717, 1.165) is 50.2 Å². The molecule has 142 valence electrons. The monoisotopic (exact) mass is 380 g/mol. The summed E-state index contributed by atoms with van der Waals surface area (Å²) in [5.74, 6) is 0.140. The van der Waals surface area contributed by atoms with E-state index in [-0.39, 0.29) is 24.9 Å². The van der Waals surface area contributed by atoms with E-state index in [4.69, 9.17) is 4.74 Å². The largest absolute Gasteiger partial charge is 0.468 e. The van der Waals surface area contributed by atoms with Gasteiger partial charge >= 0.3 is 12.1 Å². The lowest BCUT2D eigenvalue weighted by Crippen LogP contribution is -2.38. The maximum Gasteiger partial charge on any atom is 0.416 e. The lowest BCUT2D eigenvalue weighted by atomic mass is 9.97. The highest BCUT2D eigenvalue weighted by molar-refractivity contribution is 5.85. The lowest BCUT2D eigenvalue weighted by Gasteiger charge is -2.29. The number of ether oxygens (including phenoxy) is 1. The van der Waals surface area contributed by atoms with Crippen LogP contribution in [0, 0.1) is 5.92 Å². The molecule has 4 nitrogen and oxygen atoms in total. The SMILES string of the molecule is COC(=O)CN(Cc1ccc(C(F)(F)F)cc1)CC1CCNCC1.Cl. The van der Waals surface area contributed by atoms with Gasteiger partial charge < -0.3 is 10.1 Å². The lowest BCUT2D eigenvalue weighted by molar-refractivity contribution is -0.142. The Morgan fingerprint density at radius 3 is 2.36 bits per heavy atom. The Kier molecular flexibility index (Phi) is 8.68. The number of benzene rings is 1. The third-order valence-electron chi connectivity index (χ3n) is 4.24. The van der Waals surface area contributed by atoms with Gasteiger partial charge in [0.15, 0.2) is 0 Å². The summed E-state index contributed by atoms with van der Waals surface area (Å²) in [6.07, 6.45) is -2.27. The minimum atomic E-state index is -4.33. The van der Waals surface area contributed by atoms with Crippen molar-refractivity contribution >= 4 is 18.4 Å². The fraction of sp³-hybridized carbons (Fsp3) is 0.588. The third-order valence-corrected chi connectivity index (χ3v) is 4.24. The Balaban J connectivity index is 0.00000312. The summed E-state index contributed by atoms with van der Waals surface area (Å²) in [6, 6.07) is 5.09. The molecular formula is C17H24ClF3N2O2. The number of rotatable bonds is 6. The molecule has 0 spiro atoms. The molecule has 2 rings (SSSR count). The molecule has 25 heavy (non-hydrogen) atoms. The molecule has 1 saturated heterocycles. The van der Waals surface area contributed by atoms with Crippen LogP contribution in [0.3, 0.4) is 0 Å². The van der Waals surface area contributed by atoms with Crippen LogP contribution in [-0.2, 0) is 22.3 Å². The van der Waals surface area contributed by atoms with Crippen molar-refractivity contribution in [1.82, 2.24) is 10.2 Å². The van der Waals surface area contributed by atoms with E-state index in [1.165, 1.54) is 19.2 Å². The molecule has 1 heterocycles. The number of hydrogen-bond donors (Lipinski definition) is 1. The first-order valence-corrected chi connectivity index (χ1v) is 8.04. The number of esters is 1. The summed E-state index contributed by atoms with van der Waals surface area (Å²) in [5.41, 5.74) is 0.0879. The van der Waals surface area contributed by atoms with Gasteiger partial charge in [0.2, 0.25) is 0 Å². The third kappa shape index (κ3) is 7.22. The highest BCUT2D eigenvalue weighted by atomic mass is 35.5. The minimum absolute atomic E-state index is 0. The molecule has 0 unspecified atom stereocenters. The Labute approximate surface area is 152 Å². The molecule has 8 heteroatoms. The number of nitrogens with zero attached hydrogens (tertiary/aromatic N) is 1. The van der Waals surface area contributed by atoms with Crippen LogP contribution in [0.2, 0.25) is 0 Å². The molecule has 0 aromatic heterocycles. The van der Waals surface area contributed by atoms with Crippen LogP contribution < -0.4 is 5.32 Å². The molecule has 0 radical (unpaired) electrons. The van der Waals surface area contributed by atoms with Gasteiger partial charge in [-0.2, -0.15) is 13.2 Å². The number of hydrogen-bond acceptors (Lipinski definition) is 4. The number of halogens is 4. The Morgan fingerprint density at radius 1 is 1.24 bits per heavy atom. The minimum Gasteiger partial charge on any atom is -0.468 e. The van der Waals surface area contributed by atoms with E-state index >= 15 is 0 Å². The van der Waals surface area contributed by atoms with Crippen molar-refractivity contribution in [3.8, 4) is 0 Å². The zero-order valence-electron chi connectivity index (χ0n) is 14.1. The van der Waals surface area contributed by atoms with Gasteiger partial charge in [0.1, 0.15) is 0 Å². The number of carbonyl (C=O) groups is 1. The van der Waals surface area contributed by atoms with Crippen molar-refractivity contribution < 1.29 is 22.7 Å². The van der Waals surface area contributed by atoms with Gasteiger partial charge in [0, 0.05) is 13.1 Å². The summed E-state index contributed by atoms with van der Waals surface area (Å²) < 4.78 is 42.6. The van der Waals surface area contributed by atoms with E-state index in [9.17, 15) is 18.0 Å². The predicted molar refractivity (Wildman–Crippen MR) is 91.6 cm³/mol. The van der Waals surface area contributed by atoms with Crippen molar-refractivity contribution in [2.24, 2.45) is 5.92 Å². The molecule has 1 aliphatic heterocycles. The second kappa shape index (κ2) is 9.99. The van der Waals surface area contributed by atoms with Crippen molar-refractivity contribution in [3.05, 3.63) is 35.4 Å². The smallest absolute Gasteiger partial charge is 0.416 e. The molecular weight excluding hydrogens is 357 g/mol. The molecule has 0 aliphatic carbocycles. The van der Waals surface area contributed by atoms with Crippen molar-refractivity contribution in [3.63, 3.8) is 0 Å². The van der Waals surface area contributed by atoms with Crippen LogP contribution in [0.25, 0.3) is 0 Å². The molecule has 1 fully saturated rings. The van der Waals surface area contributed by atoms with Gasteiger partial charge in [0.05, 0.1) is 19.2 Å². The van der Waals surface area contributed by atoms with Gasteiger partial charge in [-0.25, -0.2) is 0 Å². The maximum absolute atomic E-state index is 12.6. The fourth-order valence-electron chi connectivity index (χ4n) is 2.92. The Morgan fingerprint density at radius 2 is 1.84 bits per heavy atom. The molecule has 1 N–H and O–H groups in total. The van der Waals surface area contributed by atoms with Crippen LogP contribution in [0.1, 0.15) is 24.0 Å². The molecule has 0 amide bonds.